The fraction of sp³-hybridized carbons (Fsp3) is 0.357. The van der Waals surface area contributed by atoms with Gasteiger partial charge in [-0.05, 0) is 29.0 Å². The van der Waals surface area contributed by atoms with E-state index in [0.717, 1.165) is 5.56 Å². The van der Waals surface area contributed by atoms with Crippen LogP contribution in [0, 0.1) is 0 Å². The highest BCUT2D eigenvalue weighted by Crippen LogP contribution is 2.33. The molecule has 0 spiro atoms. The van der Waals surface area contributed by atoms with Crippen LogP contribution in [-0.2, 0) is 13.1 Å². The summed E-state index contributed by atoms with van der Waals surface area (Å²) in [6.45, 7) is 7.10. The van der Waals surface area contributed by atoms with Crippen molar-refractivity contribution in [2.24, 2.45) is 0 Å². The molecular weight excluding hydrogens is 306 g/mol. The maximum atomic E-state index is 6.27. The van der Waals surface area contributed by atoms with E-state index >= 15 is 0 Å². The molecule has 0 aliphatic rings. The Morgan fingerprint density at radius 3 is 2.91 bits per heavy atom. The molecule has 0 bridgehead atoms. The lowest BCUT2D eigenvalue weighted by atomic mass is 10.2. The van der Waals surface area contributed by atoms with Gasteiger partial charge in [0.2, 0.25) is 5.95 Å². The Bertz CT molecular complexity index is 644. The molecule has 8 heteroatoms. The van der Waals surface area contributed by atoms with Gasteiger partial charge < -0.3 is 14.8 Å². The number of hydrogen-bond donors (Lipinski definition) is 1. The summed E-state index contributed by atoms with van der Waals surface area (Å²) in [5, 5.41) is 15.1. The molecule has 0 radical (unpaired) electrons. The summed E-state index contributed by atoms with van der Waals surface area (Å²) in [6, 6.07) is 3.58. The molecule has 2 aromatic rings. The number of methoxy groups -OCH3 is 1. The molecule has 2 rings (SSSR count). The van der Waals surface area contributed by atoms with Gasteiger partial charge in [0.15, 0.2) is 11.5 Å². The van der Waals surface area contributed by atoms with Gasteiger partial charge in [-0.25, -0.2) is 4.68 Å². The topological polar surface area (TPSA) is 74.1 Å². The van der Waals surface area contributed by atoms with E-state index in [0.29, 0.717) is 42.2 Å². The van der Waals surface area contributed by atoms with Crippen LogP contribution in [0.5, 0.6) is 11.5 Å². The lowest BCUT2D eigenvalue weighted by Crippen LogP contribution is -2.09. The normalized spacial score (nSPS) is 10.3. The van der Waals surface area contributed by atoms with Crippen molar-refractivity contribution in [3.05, 3.63) is 35.4 Å². The van der Waals surface area contributed by atoms with Crippen LogP contribution in [0.2, 0.25) is 5.02 Å². The third kappa shape index (κ3) is 3.67. The highest BCUT2D eigenvalue weighted by molar-refractivity contribution is 6.31. The summed E-state index contributed by atoms with van der Waals surface area (Å²) in [4.78, 5) is 0. The molecule has 0 aliphatic heterocycles. The van der Waals surface area contributed by atoms with Crippen molar-refractivity contribution in [3.8, 4) is 11.5 Å². The molecule has 0 saturated heterocycles. The number of anilines is 1. The molecule has 1 heterocycles. The molecule has 1 aromatic heterocycles. The summed E-state index contributed by atoms with van der Waals surface area (Å²) >= 11 is 6.27. The van der Waals surface area contributed by atoms with Crippen LogP contribution in [-0.4, -0.2) is 33.9 Å². The second-order valence-corrected chi connectivity index (χ2v) is 4.76. The Kier molecular flexibility index (Phi) is 5.60. The summed E-state index contributed by atoms with van der Waals surface area (Å²) in [5.74, 6) is 1.80. The van der Waals surface area contributed by atoms with E-state index in [1.54, 1.807) is 23.9 Å². The van der Waals surface area contributed by atoms with Gasteiger partial charge in [0.05, 0.1) is 20.3 Å². The first-order valence-electron chi connectivity index (χ1n) is 6.79. The molecular formula is C14H18ClN5O2. The van der Waals surface area contributed by atoms with Crippen LogP contribution in [0.1, 0.15) is 12.5 Å². The van der Waals surface area contributed by atoms with Crippen LogP contribution in [0.4, 0.5) is 5.95 Å². The van der Waals surface area contributed by atoms with E-state index < -0.39 is 0 Å². The number of halogens is 1. The first kappa shape index (κ1) is 16.1. The molecule has 1 N–H and O–H groups in total. The molecule has 0 unspecified atom stereocenters. The zero-order valence-electron chi connectivity index (χ0n) is 12.5. The summed E-state index contributed by atoms with van der Waals surface area (Å²) in [7, 11) is 1.58. The first-order chi connectivity index (χ1) is 10.7. The van der Waals surface area contributed by atoms with Crippen molar-refractivity contribution in [3.63, 3.8) is 0 Å². The number of hydrogen-bond acceptors (Lipinski definition) is 6. The van der Waals surface area contributed by atoms with Gasteiger partial charge in [0.25, 0.3) is 0 Å². The van der Waals surface area contributed by atoms with Crippen molar-refractivity contribution < 1.29 is 9.47 Å². The van der Waals surface area contributed by atoms with Crippen molar-refractivity contribution in [1.29, 1.82) is 0 Å². The first-order valence-corrected chi connectivity index (χ1v) is 7.17. The van der Waals surface area contributed by atoms with Crippen LogP contribution in [0.25, 0.3) is 0 Å². The molecule has 0 amide bonds. The van der Waals surface area contributed by atoms with E-state index in [1.165, 1.54) is 0 Å². The van der Waals surface area contributed by atoms with Crippen LogP contribution in [0.15, 0.2) is 24.8 Å². The number of benzene rings is 1. The number of ether oxygens (including phenoxy) is 2. The summed E-state index contributed by atoms with van der Waals surface area (Å²) < 4.78 is 12.4. The van der Waals surface area contributed by atoms with E-state index in [4.69, 9.17) is 21.1 Å². The highest BCUT2D eigenvalue weighted by Gasteiger charge is 2.11. The molecule has 118 valence electrons. The van der Waals surface area contributed by atoms with Crippen molar-refractivity contribution >= 4 is 17.5 Å². The van der Waals surface area contributed by atoms with Crippen LogP contribution >= 0.6 is 11.6 Å². The molecule has 0 saturated carbocycles. The van der Waals surface area contributed by atoms with Gasteiger partial charge in [-0.1, -0.05) is 22.8 Å². The van der Waals surface area contributed by atoms with Gasteiger partial charge >= 0.3 is 0 Å². The molecule has 1 aromatic carbocycles. The Hall–Kier alpha value is -2.28. The van der Waals surface area contributed by atoms with Crippen molar-refractivity contribution in [1.82, 2.24) is 20.2 Å². The van der Waals surface area contributed by atoms with Crippen molar-refractivity contribution in [2.75, 3.05) is 19.0 Å². The third-order valence-corrected chi connectivity index (χ3v) is 3.26. The fourth-order valence-corrected chi connectivity index (χ4v) is 2.11. The largest absolute Gasteiger partial charge is 0.493 e. The number of allylic oxidation sites excluding steroid dienone is 1. The maximum absolute atomic E-state index is 6.27. The average Bonchev–Trinajstić information content (AvgIpc) is 2.95. The Morgan fingerprint density at radius 1 is 1.41 bits per heavy atom. The molecule has 22 heavy (non-hydrogen) atoms. The van der Waals surface area contributed by atoms with Crippen molar-refractivity contribution in [2.45, 2.75) is 20.0 Å². The minimum absolute atomic E-state index is 0.459. The Labute approximate surface area is 133 Å². The summed E-state index contributed by atoms with van der Waals surface area (Å²) in [5.41, 5.74) is 0.860. The molecule has 0 aliphatic carbocycles. The van der Waals surface area contributed by atoms with Gasteiger partial charge in [-0.3, -0.25) is 0 Å². The maximum Gasteiger partial charge on any atom is 0.243 e. The minimum Gasteiger partial charge on any atom is -0.493 e. The monoisotopic (exact) mass is 323 g/mol. The van der Waals surface area contributed by atoms with Crippen LogP contribution in [0.3, 0.4) is 0 Å². The fourth-order valence-electron chi connectivity index (χ4n) is 1.89. The molecule has 7 nitrogen and oxygen atoms in total. The lowest BCUT2D eigenvalue weighted by Gasteiger charge is -2.13. The summed E-state index contributed by atoms with van der Waals surface area (Å²) in [6.07, 6.45) is 1.72. The second-order valence-electron chi connectivity index (χ2n) is 4.35. The lowest BCUT2D eigenvalue weighted by molar-refractivity contribution is 0.310. The standard InChI is InChI=1S/C14H18ClN5O2/c1-4-6-20-14(17-18-19-20)16-9-10-7-13(22-5-2)12(21-3)8-11(10)15/h4,7-8H,1,5-6,9H2,2-3H3,(H,16,17,19). The third-order valence-electron chi connectivity index (χ3n) is 2.90. The highest BCUT2D eigenvalue weighted by atomic mass is 35.5. The predicted octanol–water partition coefficient (Wildman–Crippen LogP) is 2.53. The SMILES string of the molecule is C=CCn1nnnc1NCc1cc(OCC)c(OC)cc1Cl. The molecule has 0 atom stereocenters. The molecule has 0 fully saturated rings. The van der Waals surface area contributed by atoms with Crippen LogP contribution < -0.4 is 14.8 Å². The zero-order chi connectivity index (χ0) is 15.9. The number of nitrogens with one attached hydrogen (secondary N) is 1. The van der Waals surface area contributed by atoms with Gasteiger partial charge in [0.1, 0.15) is 0 Å². The second kappa shape index (κ2) is 7.65. The zero-order valence-corrected chi connectivity index (χ0v) is 13.3. The smallest absolute Gasteiger partial charge is 0.243 e. The average molecular weight is 324 g/mol. The number of nitrogens with zero attached hydrogens (tertiary/aromatic N) is 4. The van der Waals surface area contributed by atoms with E-state index in [-0.39, 0.29) is 0 Å². The number of rotatable bonds is 8. The van der Waals surface area contributed by atoms with Gasteiger partial charge in [0, 0.05) is 17.6 Å². The van der Waals surface area contributed by atoms with Gasteiger partial charge in [-0.2, -0.15) is 0 Å². The van der Waals surface area contributed by atoms with E-state index in [2.05, 4.69) is 27.4 Å². The minimum atomic E-state index is 0.459. The Balaban J connectivity index is 2.16. The predicted molar refractivity (Wildman–Crippen MR) is 84.5 cm³/mol. The number of aromatic nitrogens is 4. The van der Waals surface area contributed by atoms with E-state index in [9.17, 15) is 0 Å². The number of tetrazole rings is 1. The van der Waals surface area contributed by atoms with E-state index in [1.807, 2.05) is 13.0 Å². The quantitative estimate of drug-likeness (QED) is 0.752. The van der Waals surface area contributed by atoms with Gasteiger partial charge in [-0.15, -0.1) is 6.58 Å². The Morgan fingerprint density at radius 2 is 2.23 bits per heavy atom.